The van der Waals surface area contributed by atoms with Gasteiger partial charge in [-0.15, -0.1) is 11.3 Å². The summed E-state index contributed by atoms with van der Waals surface area (Å²) in [4.78, 5) is 11.0. The lowest BCUT2D eigenvalue weighted by Crippen LogP contribution is -2.07. The minimum atomic E-state index is -1.07. The van der Waals surface area contributed by atoms with Crippen LogP contribution < -0.4 is 5.32 Å². The fourth-order valence-electron chi connectivity index (χ4n) is 1.75. The van der Waals surface area contributed by atoms with E-state index >= 15 is 0 Å². The molecule has 1 unspecified atom stereocenters. The predicted octanol–water partition coefficient (Wildman–Crippen LogP) is 5.58. The maximum Gasteiger partial charge on any atom is 0.337 e. The van der Waals surface area contributed by atoms with Gasteiger partial charge in [0.2, 0.25) is 0 Å². The average molecular weight is 351 g/mol. The molecule has 1 heterocycles. The van der Waals surface area contributed by atoms with E-state index in [0.29, 0.717) is 14.4 Å². The van der Waals surface area contributed by atoms with Gasteiger partial charge in [-0.05, 0) is 31.2 Å². The predicted molar refractivity (Wildman–Crippen MR) is 84.8 cm³/mol. The summed E-state index contributed by atoms with van der Waals surface area (Å²) in [6.45, 7) is 1.92. The molecule has 20 heavy (non-hydrogen) atoms. The number of hydrogen-bond donors (Lipinski definition) is 2. The zero-order chi connectivity index (χ0) is 14.9. The van der Waals surface area contributed by atoms with Gasteiger partial charge in [0.25, 0.3) is 0 Å². The number of rotatable bonds is 4. The molecule has 7 heteroatoms. The van der Waals surface area contributed by atoms with E-state index in [1.165, 1.54) is 17.4 Å². The molecule has 0 saturated heterocycles. The number of benzene rings is 1. The van der Waals surface area contributed by atoms with Crippen LogP contribution in [0.5, 0.6) is 0 Å². The van der Waals surface area contributed by atoms with Gasteiger partial charge in [-0.2, -0.15) is 0 Å². The minimum Gasteiger partial charge on any atom is -0.478 e. The SMILES string of the molecule is CC(Nc1ccc(Cl)c(C(=O)O)c1)c1cc(Cl)sc1Cl. The number of carboxylic acids is 1. The van der Waals surface area contributed by atoms with E-state index in [0.717, 1.165) is 5.56 Å². The van der Waals surface area contributed by atoms with E-state index in [4.69, 9.17) is 39.9 Å². The van der Waals surface area contributed by atoms with Crippen molar-refractivity contribution in [2.45, 2.75) is 13.0 Å². The smallest absolute Gasteiger partial charge is 0.337 e. The largest absolute Gasteiger partial charge is 0.478 e. The van der Waals surface area contributed by atoms with Gasteiger partial charge in [-0.1, -0.05) is 34.8 Å². The van der Waals surface area contributed by atoms with Crippen molar-refractivity contribution in [3.63, 3.8) is 0 Å². The van der Waals surface area contributed by atoms with E-state index in [1.54, 1.807) is 18.2 Å². The third kappa shape index (κ3) is 3.38. The van der Waals surface area contributed by atoms with Gasteiger partial charge in [-0.25, -0.2) is 4.79 Å². The molecule has 106 valence electrons. The summed E-state index contributed by atoms with van der Waals surface area (Å²) in [5.74, 6) is -1.07. The zero-order valence-corrected chi connectivity index (χ0v) is 13.4. The van der Waals surface area contributed by atoms with E-state index in [9.17, 15) is 4.79 Å². The first-order chi connectivity index (χ1) is 9.38. The fourth-order valence-corrected chi connectivity index (χ4v) is 3.60. The van der Waals surface area contributed by atoms with Crippen LogP contribution in [0.4, 0.5) is 5.69 Å². The lowest BCUT2D eigenvalue weighted by atomic mass is 10.1. The molecular weight excluding hydrogens is 341 g/mol. The molecule has 0 radical (unpaired) electrons. The fraction of sp³-hybridized carbons (Fsp3) is 0.154. The van der Waals surface area contributed by atoms with E-state index < -0.39 is 5.97 Å². The quantitative estimate of drug-likeness (QED) is 0.756. The lowest BCUT2D eigenvalue weighted by molar-refractivity contribution is 0.0697. The van der Waals surface area contributed by atoms with Crippen LogP contribution >= 0.6 is 46.1 Å². The molecule has 0 bridgehead atoms. The molecule has 0 aliphatic rings. The van der Waals surface area contributed by atoms with Gasteiger partial charge in [0.15, 0.2) is 0 Å². The zero-order valence-electron chi connectivity index (χ0n) is 10.3. The Hall–Kier alpha value is -0.940. The standard InChI is InChI=1S/C13H10Cl3NO2S/c1-6(8-5-11(15)20-12(8)16)17-7-2-3-10(14)9(4-7)13(18)19/h2-6,17H,1H3,(H,18,19). The maximum atomic E-state index is 11.0. The molecule has 2 aromatic rings. The highest BCUT2D eigenvalue weighted by Gasteiger charge is 2.15. The summed E-state index contributed by atoms with van der Waals surface area (Å²) >= 11 is 19.1. The Bertz CT molecular complexity index is 657. The first-order valence-electron chi connectivity index (χ1n) is 5.62. The van der Waals surface area contributed by atoms with Crippen molar-refractivity contribution in [1.29, 1.82) is 0 Å². The van der Waals surface area contributed by atoms with E-state index in [-0.39, 0.29) is 16.6 Å². The third-order valence-electron chi connectivity index (χ3n) is 2.73. The summed E-state index contributed by atoms with van der Waals surface area (Å²) in [7, 11) is 0. The summed E-state index contributed by atoms with van der Waals surface area (Å²) in [5.41, 5.74) is 1.57. The molecule has 2 rings (SSSR count). The molecule has 0 aliphatic heterocycles. The summed E-state index contributed by atoms with van der Waals surface area (Å²) in [6, 6.07) is 6.44. The molecular formula is C13H10Cl3NO2S. The van der Waals surface area contributed by atoms with Gasteiger partial charge < -0.3 is 10.4 Å². The van der Waals surface area contributed by atoms with Crippen molar-refractivity contribution >= 4 is 57.8 Å². The molecule has 2 N–H and O–H groups in total. The second kappa shape index (κ2) is 6.22. The number of anilines is 1. The van der Waals surface area contributed by atoms with Gasteiger partial charge in [0.1, 0.15) is 0 Å². The molecule has 3 nitrogen and oxygen atoms in total. The summed E-state index contributed by atoms with van der Waals surface area (Å²) in [6.07, 6.45) is 0. The second-order valence-electron chi connectivity index (χ2n) is 4.15. The van der Waals surface area contributed by atoms with Crippen molar-refractivity contribution in [2.24, 2.45) is 0 Å². The van der Waals surface area contributed by atoms with Crippen molar-refractivity contribution in [3.8, 4) is 0 Å². The Kier molecular flexibility index (Phi) is 4.81. The Morgan fingerprint density at radius 3 is 2.55 bits per heavy atom. The highest BCUT2D eigenvalue weighted by Crippen LogP contribution is 2.36. The van der Waals surface area contributed by atoms with E-state index in [2.05, 4.69) is 5.32 Å². The van der Waals surface area contributed by atoms with Crippen LogP contribution in [0.2, 0.25) is 13.7 Å². The Balaban J connectivity index is 2.24. The Labute approximate surface area is 135 Å². The first kappa shape index (κ1) is 15.4. The minimum absolute atomic E-state index is 0.0540. The summed E-state index contributed by atoms with van der Waals surface area (Å²) < 4.78 is 1.23. The monoisotopic (exact) mass is 349 g/mol. The van der Waals surface area contributed by atoms with Crippen molar-refractivity contribution in [1.82, 2.24) is 0 Å². The normalized spacial score (nSPS) is 12.2. The van der Waals surface area contributed by atoms with Crippen molar-refractivity contribution < 1.29 is 9.90 Å². The van der Waals surface area contributed by atoms with Crippen molar-refractivity contribution in [3.05, 3.63) is 49.1 Å². The van der Waals surface area contributed by atoms with Gasteiger partial charge in [0, 0.05) is 11.3 Å². The van der Waals surface area contributed by atoms with Crippen LogP contribution in [0.25, 0.3) is 0 Å². The molecule has 0 spiro atoms. The highest BCUT2D eigenvalue weighted by atomic mass is 35.5. The van der Waals surface area contributed by atoms with Crippen LogP contribution in [0.1, 0.15) is 28.9 Å². The Morgan fingerprint density at radius 2 is 2.00 bits per heavy atom. The number of hydrogen-bond acceptors (Lipinski definition) is 3. The Morgan fingerprint density at radius 1 is 1.30 bits per heavy atom. The average Bonchev–Trinajstić information content (AvgIpc) is 2.70. The lowest BCUT2D eigenvalue weighted by Gasteiger charge is -2.15. The molecule has 0 amide bonds. The number of halogens is 3. The molecule has 0 saturated carbocycles. The summed E-state index contributed by atoms with van der Waals surface area (Å²) in [5, 5.41) is 12.4. The van der Waals surface area contributed by atoms with Crippen LogP contribution in [0, 0.1) is 0 Å². The van der Waals surface area contributed by atoms with Gasteiger partial charge in [0.05, 0.1) is 25.3 Å². The molecule has 1 atom stereocenters. The molecule has 0 fully saturated rings. The molecule has 0 aliphatic carbocycles. The number of thiophene rings is 1. The van der Waals surface area contributed by atoms with Crippen LogP contribution in [-0.2, 0) is 0 Å². The molecule has 1 aromatic heterocycles. The number of nitrogens with one attached hydrogen (secondary N) is 1. The van der Waals surface area contributed by atoms with Crippen LogP contribution in [0.3, 0.4) is 0 Å². The topological polar surface area (TPSA) is 49.3 Å². The number of carbonyl (C=O) groups is 1. The van der Waals surface area contributed by atoms with Crippen LogP contribution in [-0.4, -0.2) is 11.1 Å². The highest BCUT2D eigenvalue weighted by molar-refractivity contribution is 7.20. The van der Waals surface area contributed by atoms with Crippen molar-refractivity contribution in [2.75, 3.05) is 5.32 Å². The first-order valence-corrected chi connectivity index (χ1v) is 7.57. The van der Waals surface area contributed by atoms with Crippen LogP contribution in [0.15, 0.2) is 24.3 Å². The van der Waals surface area contributed by atoms with Gasteiger partial charge >= 0.3 is 5.97 Å². The molecule has 1 aromatic carbocycles. The third-order valence-corrected chi connectivity index (χ3v) is 4.58. The van der Waals surface area contributed by atoms with E-state index in [1.807, 2.05) is 6.92 Å². The maximum absolute atomic E-state index is 11.0. The second-order valence-corrected chi connectivity index (χ2v) is 6.84. The number of aromatic carboxylic acids is 1. The van der Waals surface area contributed by atoms with Gasteiger partial charge in [-0.3, -0.25) is 0 Å². The number of carboxylic acid groups (broad SMARTS) is 1.